The monoisotopic (exact) mass is 470 g/mol. The van der Waals surface area contributed by atoms with E-state index in [9.17, 15) is 19.9 Å². The van der Waals surface area contributed by atoms with Crippen LogP contribution in [0.5, 0.6) is 17.5 Å². The zero-order valence-corrected chi connectivity index (χ0v) is 19.1. The third-order valence-electron chi connectivity index (χ3n) is 7.36. The van der Waals surface area contributed by atoms with Gasteiger partial charge in [0, 0.05) is 23.3 Å². The minimum absolute atomic E-state index is 0.0671. The Morgan fingerprint density at radius 1 is 1.03 bits per heavy atom. The van der Waals surface area contributed by atoms with Gasteiger partial charge in [0.25, 0.3) is 0 Å². The highest BCUT2D eigenvalue weighted by molar-refractivity contribution is 5.95. The van der Waals surface area contributed by atoms with E-state index in [1.807, 2.05) is 31.2 Å². The summed E-state index contributed by atoms with van der Waals surface area (Å²) >= 11 is 0. The molecule has 0 saturated carbocycles. The Kier molecular flexibility index (Phi) is 4.60. The molecule has 0 aliphatic carbocycles. The van der Waals surface area contributed by atoms with E-state index in [4.69, 9.17) is 9.47 Å². The molecule has 2 aliphatic rings. The molecular formula is C28H23FN2O4. The van der Waals surface area contributed by atoms with Gasteiger partial charge >= 0.3 is 0 Å². The van der Waals surface area contributed by atoms with Crippen LogP contribution in [-0.4, -0.2) is 21.4 Å². The average Bonchev–Trinajstić information content (AvgIpc) is 3.43. The second-order valence-electron chi connectivity index (χ2n) is 9.41. The van der Waals surface area contributed by atoms with E-state index in [2.05, 4.69) is 6.07 Å². The first-order valence-corrected chi connectivity index (χ1v) is 11.6. The lowest BCUT2D eigenvalue weighted by Gasteiger charge is -2.26. The summed E-state index contributed by atoms with van der Waals surface area (Å²) in [4.78, 5) is 0. The van der Waals surface area contributed by atoms with E-state index >= 15 is 0 Å². The number of ether oxygens (including phenoxy) is 2. The molecule has 6 nitrogen and oxygen atoms in total. The quantitative estimate of drug-likeness (QED) is 0.387. The predicted molar refractivity (Wildman–Crippen MR) is 127 cm³/mol. The lowest BCUT2D eigenvalue weighted by atomic mass is 9.78. The first-order chi connectivity index (χ1) is 16.9. The van der Waals surface area contributed by atoms with Crippen LogP contribution in [0.1, 0.15) is 42.9 Å². The molecule has 2 bridgehead atoms. The fourth-order valence-electron chi connectivity index (χ4n) is 5.80. The van der Waals surface area contributed by atoms with Crippen LogP contribution in [0.25, 0.3) is 16.5 Å². The van der Waals surface area contributed by atoms with Gasteiger partial charge in [0.2, 0.25) is 11.8 Å². The molecule has 0 spiro atoms. The molecule has 1 fully saturated rings. The fourth-order valence-corrected chi connectivity index (χ4v) is 5.80. The van der Waals surface area contributed by atoms with Crippen LogP contribution < -0.4 is 4.74 Å². The molecule has 2 N–H and O–H groups in total. The molecule has 2 atom stereocenters. The molecule has 0 amide bonds. The van der Waals surface area contributed by atoms with Crippen LogP contribution in [0, 0.1) is 17.1 Å². The lowest BCUT2D eigenvalue weighted by molar-refractivity contribution is -0.0876. The largest absolute Gasteiger partial charge is 0.494 e. The first kappa shape index (κ1) is 21.5. The van der Waals surface area contributed by atoms with Crippen LogP contribution in [0.3, 0.4) is 0 Å². The highest BCUT2D eigenvalue weighted by Gasteiger charge is 2.61. The number of nitrogens with zero attached hydrogens (tertiary/aromatic N) is 2. The maximum Gasteiger partial charge on any atom is 0.205 e. The van der Waals surface area contributed by atoms with Gasteiger partial charge < -0.3 is 19.7 Å². The minimum atomic E-state index is -0.827. The van der Waals surface area contributed by atoms with Crippen LogP contribution in [0.2, 0.25) is 0 Å². The number of hydrogen-bond donors (Lipinski definition) is 2. The van der Waals surface area contributed by atoms with E-state index < -0.39 is 11.2 Å². The van der Waals surface area contributed by atoms with Gasteiger partial charge in [0.15, 0.2) is 0 Å². The Labute approximate surface area is 201 Å². The normalized spacial score (nSPS) is 22.3. The molecule has 3 heterocycles. The van der Waals surface area contributed by atoms with E-state index in [-0.39, 0.29) is 24.2 Å². The van der Waals surface area contributed by atoms with Gasteiger partial charge in [-0.15, -0.1) is 0 Å². The summed E-state index contributed by atoms with van der Waals surface area (Å²) in [6.07, 6.45) is 1.77. The topological polar surface area (TPSA) is 87.6 Å². The van der Waals surface area contributed by atoms with E-state index in [0.717, 1.165) is 10.8 Å². The number of rotatable bonds is 5. The Balaban J connectivity index is 1.44. The highest BCUT2D eigenvalue weighted by atomic mass is 19.1. The highest BCUT2D eigenvalue weighted by Crippen LogP contribution is 2.65. The number of hydrogen-bond acceptors (Lipinski definition) is 5. The summed E-state index contributed by atoms with van der Waals surface area (Å²) in [5.41, 5.74) is 0.679. The van der Waals surface area contributed by atoms with Crippen molar-refractivity contribution in [3.05, 3.63) is 83.2 Å². The number of aromatic hydroxyl groups is 2. The number of halogens is 1. The zero-order chi connectivity index (χ0) is 24.4. The molecule has 7 heteroatoms. The van der Waals surface area contributed by atoms with Crippen molar-refractivity contribution in [1.29, 1.82) is 5.26 Å². The van der Waals surface area contributed by atoms with Crippen molar-refractivity contribution in [3.8, 4) is 29.3 Å². The summed E-state index contributed by atoms with van der Waals surface area (Å²) in [7, 11) is 0. The average molecular weight is 471 g/mol. The minimum Gasteiger partial charge on any atom is -0.494 e. The second kappa shape index (κ2) is 7.49. The van der Waals surface area contributed by atoms with E-state index in [0.29, 0.717) is 47.4 Å². The molecule has 35 heavy (non-hydrogen) atoms. The van der Waals surface area contributed by atoms with Crippen molar-refractivity contribution in [2.45, 2.75) is 37.4 Å². The van der Waals surface area contributed by atoms with Gasteiger partial charge in [-0.3, -0.25) is 4.57 Å². The van der Waals surface area contributed by atoms with Gasteiger partial charge in [-0.25, -0.2) is 4.39 Å². The standard InChI is InChI=1S/C28H23FN2O4/c1-27-11-12-28(35-27,13-14-34-19-6-4-5-18(29)15-19)24-23(27)25(32)31(26(24)33)22-10-9-17(16-30)20-7-2-3-8-21(20)22/h2-10,15,32-33H,11-14H2,1H3. The Morgan fingerprint density at radius 3 is 2.57 bits per heavy atom. The number of benzene rings is 3. The second-order valence-corrected chi connectivity index (χ2v) is 9.41. The molecule has 2 unspecified atom stereocenters. The smallest absolute Gasteiger partial charge is 0.205 e. The van der Waals surface area contributed by atoms with Crippen LogP contribution in [-0.2, 0) is 15.9 Å². The van der Waals surface area contributed by atoms with Crippen molar-refractivity contribution in [3.63, 3.8) is 0 Å². The fraction of sp³-hybridized carbons (Fsp3) is 0.250. The molecule has 1 aromatic heterocycles. The number of nitriles is 1. The van der Waals surface area contributed by atoms with Gasteiger partial charge in [-0.05, 0) is 44.0 Å². The van der Waals surface area contributed by atoms with Gasteiger partial charge in [0.1, 0.15) is 17.2 Å². The van der Waals surface area contributed by atoms with Crippen LogP contribution >= 0.6 is 0 Å². The molecule has 176 valence electrons. The van der Waals surface area contributed by atoms with E-state index in [1.165, 1.54) is 16.7 Å². The SMILES string of the molecule is CC12CCC(CCOc3cccc(F)c3)(O1)c1c2c(O)n(-c2ccc(C#N)c3ccccc23)c1O. The summed E-state index contributed by atoms with van der Waals surface area (Å²) in [6.45, 7) is 2.18. The van der Waals surface area contributed by atoms with Crippen LogP contribution in [0.15, 0.2) is 60.7 Å². The lowest BCUT2D eigenvalue weighted by Crippen LogP contribution is -2.25. The maximum atomic E-state index is 13.5. The summed E-state index contributed by atoms with van der Waals surface area (Å²) in [5, 5.41) is 33.9. The van der Waals surface area contributed by atoms with Gasteiger partial charge in [0.05, 0.1) is 40.7 Å². The molecule has 6 rings (SSSR count). The molecule has 1 saturated heterocycles. The van der Waals surface area contributed by atoms with Crippen LogP contribution in [0.4, 0.5) is 4.39 Å². The van der Waals surface area contributed by atoms with Crippen molar-refractivity contribution in [1.82, 2.24) is 4.57 Å². The summed E-state index contributed by atoms with van der Waals surface area (Å²) in [5.74, 6) is -0.0964. The molecule has 3 aromatic carbocycles. The predicted octanol–water partition coefficient (Wildman–Crippen LogP) is 5.76. The van der Waals surface area contributed by atoms with Gasteiger partial charge in [-0.2, -0.15) is 5.26 Å². The Bertz CT molecular complexity index is 1540. The molecular weight excluding hydrogens is 447 g/mol. The Morgan fingerprint density at radius 2 is 1.80 bits per heavy atom. The maximum absolute atomic E-state index is 13.5. The van der Waals surface area contributed by atoms with Crippen molar-refractivity contribution >= 4 is 10.8 Å². The number of fused-ring (bicyclic) bond motifs is 6. The summed E-state index contributed by atoms with van der Waals surface area (Å²) in [6, 6.07) is 19.0. The first-order valence-electron chi connectivity index (χ1n) is 11.6. The molecule has 4 aromatic rings. The number of aromatic nitrogens is 1. The molecule has 2 aliphatic heterocycles. The van der Waals surface area contributed by atoms with Crippen molar-refractivity contribution in [2.75, 3.05) is 6.61 Å². The Hall–Kier alpha value is -4.02. The third kappa shape index (κ3) is 3.03. The van der Waals surface area contributed by atoms with Gasteiger partial charge in [-0.1, -0.05) is 30.3 Å². The molecule has 0 radical (unpaired) electrons. The van der Waals surface area contributed by atoms with E-state index in [1.54, 1.807) is 24.3 Å². The van der Waals surface area contributed by atoms with Crippen molar-refractivity contribution < 1.29 is 24.1 Å². The zero-order valence-electron chi connectivity index (χ0n) is 19.1. The third-order valence-corrected chi connectivity index (χ3v) is 7.36. The van der Waals surface area contributed by atoms with Crippen molar-refractivity contribution in [2.24, 2.45) is 0 Å². The summed E-state index contributed by atoms with van der Waals surface area (Å²) < 4.78 is 27.2.